The summed E-state index contributed by atoms with van der Waals surface area (Å²) in [6.07, 6.45) is -1.48. The molecule has 0 amide bonds. The normalized spacial score (nSPS) is 22.0. The van der Waals surface area contributed by atoms with Crippen LogP contribution in [0.1, 0.15) is 37.6 Å². The Balaban J connectivity index is 0.000000345. The Morgan fingerprint density at radius 2 is 2.04 bits per heavy atom. The minimum atomic E-state index is -5.08. The van der Waals surface area contributed by atoms with Crippen LogP contribution in [0.25, 0.3) is 0 Å². The van der Waals surface area contributed by atoms with Gasteiger partial charge in [-0.3, -0.25) is 9.88 Å². The molecule has 0 radical (unpaired) electrons. The number of pyridine rings is 1. The summed E-state index contributed by atoms with van der Waals surface area (Å²) in [7, 11) is 0. The highest BCUT2D eigenvalue weighted by Crippen LogP contribution is 2.37. The van der Waals surface area contributed by atoms with Gasteiger partial charge in [0.05, 0.1) is 24.0 Å². The molecule has 158 valence electrons. The van der Waals surface area contributed by atoms with E-state index in [9.17, 15) is 13.2 Å². The van der Waals surface area contributed by atoms with E-state index in [1.165, 1.54) is 5.69 Å². The van der Waals surface area contributed by atoms with Crippen molar-refractivity contribution in [3.05, 3.63) is 29.6 Å². The Labute approximate surface area is 162 Å². The zero-order valence-electron chi connectivity index (χ0n) is 16.2. The number of piperidine rings is 1. The summed E-state index contributed by atoms with van der Waals surface area (Å²) in [5, 5.41) is 7.12. The van der Waals surface area contributed by atoms with Crippen molar-refractivity contribution in [1.29, 1.82) is 0 Å². The lowest BCUT2D eigenvalue weighted by Crippen LogP contribution is -2.44. The fourth-order valence-corrected chi connectivity index (χ4v) is 3.53. The minimum Gasteiger partial charge on any atom is -0.475 e. The van der Waals surface area contributed by atoms with Crippen molar-refractivity contribution >= 4 is 5.97 Å². The van der Waals surface area contributed by atoms with Crippen molar-refractivity contribution < 1.29 is 32.5 Å². The van der Waals surface area contributed by atoms with Gasteiger partial charge in [-0.25, -0.2) is 4.79 Å². The van der Waals surface area contributed by atoms with Crippen LogP contribution in [-0.4, -0.2) is 65.1 Å². The van der Waals surface area contributed by atoms with E-state index >= 15 is 0 Å². The Bertz CT molecular complexity index is 646. The van der Waals surface area contributed by atoms with Gasteiger partial charge in [0.15, 0.2) is 0 Å². The first kappa shape index (κ1) is 22.6. The van der Waals surface area contributed by atoms with E-state index in [0.29, 0.717) is 6.10 Å². The second-order valence-corrected chi connectivity index (χ2v) is 7.12. The fourth-order valence-electron chi connectivity index (χ4n) is 3.53. The largest absolute Gasteiger partial charge is 0.490 e. The quantitative estimate of drug-likeness (QED) is 0.831. The van der Waals surface area contributed by atoms with E-state index in [-0.39, 0.29) is 5.60 Å². The predicted molar refractivity (Wildman–Crippen MR) is 95.9 cm³/mol. The number of rotatable bonds is 4. The molecule has 1 atom stereocenters. The molecule has 3 heterocycles. The zero-order chi connectivity index (χ0) is 20.8. The van der Waals surface area contributed by atoms with E-state index in [1.807, 2.05) is 0 Å². The summed E-state index contributed by atoms with van der Waals surface area (Å²) in [6, 6.07) is 6.26. The SMILES string of the molecule is CCOC1COC2(CCN(Cc3cccc(C)n3)CC2)C1.O=C(O)C(F)(F)F. The van der Waals surface area contributed by atoms with E-state index in [0.717, 1.165) is 57.8 Å². The number of ether oxygens (including phenoxy) is 2. The van der Waals surface area contributed by atoms with Gasteiger partial charge in [-0.05, 0) is 38.8 Å². The molecule has 9 heteroatoms. The van der Waals surface area contributed by atoms with Crippen molar-refractivity contribution in [2.24, 2.45) is 0 Å². The number of aryl methyl sites for hydroxylation is 1. The summed E-state index contributed by atoms with van der Waals surface area (Å²) >= 11 is 0. The summed E-state index contributed by atoms with van der Waals surface area (Å²) in [4.78, 5) is 16.0. The number of hydrogen-bond acceptors (Lipinski definition) is 5. The summed E-state index contributed by atoms with van der Waals surface area (Å²) < 4.78 is 43.6. The van der Waals surface area contributed by atoms with Crippen LogP contribution in [0.4, 0.5) is 13.2 Å². The van der Waals surface area contributed by atoms with Crippen LogP contribution in [-0.2, 0) is 20.8 Å². The second kappa shape index (κ2) is 9.67. The van der Waals surface area contributed by atoms with Gasteiger partial charge in [0.25, 0.3) is 0 Å². The molecule has 2 saturated heterocycles. The topological polar surface area (TPSA) is 71.9 Å². The van der Waals surface area contributed by atoms with E-state index in [1.54, 1.807) is 0 Å². The third-order valence-electron chi connectivity index (χ3n) is 4.92. The maximum atomic E-state index is 10.6. The summed E-state index contributed by atoms with van der Waals surface area (Å²) in [5.74, 6) is -2.76. The first-order chi connectivity index (χ1) is 13.1. The molecule has 1 unspecified atom stereocenters. The first-order valence-electron chi connectivity index (χ1n) is 9.34. The third-order valence-corrected chi connectivity index (χ3v) is 4.92. The van der Waals surface area contributed by atoms with Crippen LogP contribution in [0.5, 0.6) is 0 Å². The fraction of sp³-hybridized carbons (Fsp3) is 0.684. The molecule has 0 saturated carbocycles. The highest BCUT2D eigenvalue weighted by atomic mass is 19.4. The first-order valence-corrected chi connectivity index (χ1v) is 9.34. The molecule has 6 nitrogen and oxygen atoms in total. The molecular formula is C19H27F3N2O4. The Kier molecular flexibility index (Phi) is 7.79. The molecular weight excluding hydrogens is 377 g/mol. The minimum absolute atomic E-state index is 0.0797. The van der Waals surface area contributed by atoms with Gasteiger partial charge in [-0.1, -0.05) is 6.07 Å². The maximum Gasteiger partial charge on any atom is 0.490 e. The van der Waals surface area contributed by atoms with Crippen LogP contribution in [0, 0.1) is 6.92 Å². The van der Waals surface area contributed by atoms with Crippen LogP contribution >= 0.6 is 0 Å². The van der Waals surface area contributed by atoms with Crippen molar-refractivity contribution in [2.45, 2.75) is 57.5 Å². The van der Waals surface area contributed by atoms with Crippen LogP contribution < -0.4 is 0 Å². The Morgan fingerprint density at radius 1 is 1.39 bits per heavy atom. The molecule has 0 bridgehead atoms. The molecule has 0 aromatic carbocycles. The molecule has 1 spiro atoms. The monoisotopic (exact) mass is 404 g/mol. The zero-order valence-corrected chi connectivity index (χ0v) is 16.2. The van der Waals surface area contributed by atoms with E-state index in [2.05, 4.69) is 41.9 Å². The van der Waals surface area contributed by atoms with Gasteiger partial charge in [0.2, 0.25) is 0 Å². The molecule has 0 aliphatic carbocycles. The smallest absolute Gasteiger partial charge is 0.475 e. The van der Waals surface area contributed by atoms with Gasteiger partial charge in [0, 0.05) is 38.4 Å². The lowest BCUT2D eigenvalue weighted by Gasteiger charge is -2.38. The van der Waals surface area contributed by atoms with E-state index in [4.69, 9.17) is 19.4 Å². The number of carbonyl (C=O) groups is 1. The van der Waals surface area contributed by atoms with Gasteiger partial charge in [-0.2, -0.15) is 13.2 Å². The third kappa shape index (κ3) is 6.72. The van der Waals surface area contributed by atoms with Gasteiger partial charge in [-0.15, -0.1) is 0 Å². The second-order valence-electron chi connectivity index (χ2n) is 7.12. The van der Waals surface area contributed by atoms with Gasteiger partial charge >= 0.3 is 12.1 Å². The number of hydrogen-bond donors (Lipinski definition) is 1. The number of carboxylic acid groups (broad SMARTS) is 1. The van der Waals surface area contributed by atoms with Crippen molar-refractivity contribution in [1.82, 2.24) is 9.88 Å². The highest BCUT2D eigenvalue weighted by Gasteiger charge is 2.43. The average Bonchev–Trinajstić information content (AvgIpc) is 3.00. The van der Waals surface area contributed by atoms with Crippen molar-refractivity contribution in [3.8, 4) is 0 Å². The summed E-state index contributed by atoms with van der Waals surface area (Å²) in [6.45, 7) is 8.80. The Hall–Kier alpha value is -1.71. The number of alkyl halides is 3. The highest BCUT2D eigenvalue weighted by molar-refractivity contribution is 5.73. The predicted octanol–water partition coefficient (Wildman–Crippen LogP) is 3.18. The number of aliphatic carboxylic acids is 1. The molecule has 28 heavy (non-hydrogen) atoms. The van der Waals surface area contributed by atoms with Crippen molar-refractivity contribution in [3.63, 3.8) is 0 Å². The molecule has 1 N–H and O–H groups in total. The van der Waals surface area contributed by atoms with Crippen LogP contribution in [0.3, 0.4) is 0 Å². The number of halogens is 3. The van der Waals surface area contributed by atoms with Gasteiger partial charge in [0.1, 0.15) is 0 Å². The standard InChI is InChI=1S/C17H26N2O2.C2HF3O2/c1-3-20-16-11-17(21-13-16)7-9-19(10-8-17)12-15-6-4-5-14(2)18-15;3-2(4,5)1(6)7/h4-6,16H,3,7-13H2,1-2H3;(H,6,7). The Morgan fingerprint density at radius 3 is 2.57 bits per heavy atom. The lowest BCUT2D eigenvalue weighted by molar-refractivity contribution is -0.192. The molecule has 3 rings (SSSR count). The molecule has 1 aromatic heterocycles. The average molecular weight is 404 g/mol. The lowest BCUT2D eigenvalue weighted by atomic mass is 9.88. The van der Waals surface area contributed by atoms with Gasteiger partial charge < -0.3 is 14.6 Å². The number of aromatic nitrogens is 1. The summed E-state index contributed by atoms with van der Waals surface area (Å²) in [5.41, 5.74) is 2.35. The van der Waals surface area contributed by atoms with Crippen LogP contribution in [0.15, 0.2) is 18.2 Å². The number of nitrogens with zero attached hydrogens (tertiary/aromatic N) is 2. The van der Waals surface area contributed by atoms with Crippen LogP contribution in [0.2, 0.25) is 0 Å². The number of likely N-dealkylation sites (tertiary alicyclic amines) is 1. The maximum absolute atomic E-state index is 10.6. The van der Waals surface area contributed by atoms with E-state index < -0.39 is 12.1 Å². The molecule has 2 aliphatic rings. The number of carboxylic acids is 1. The molecule has 2 fully saturated rings. The van der Waals surface area contributed by atoms with Crippen molar-refractivity contribution in [2.75, 3.05) is 26.3 Å². The molecule has 1 aromatic rings. The molecule has 2 aliphatic heterocycles.